The van der Waals surface area contributed by atoms with Gasteiger partial charge in [-0.15, -0.1) is 11.8 Å². The summed E-state index contributed by atoms with van der Waals surface area (Å²) in [4.78, 5) is 1.71. The number of nitrogens with zero attached hydrogens (tertiary/aromatic N) is 2. The predicted octanol–water partition coefficient (Wildman–Crippen LogP) is 2.50. The third-order valence-electron chi connectivity index (χ3n) is 3.18. The van der Waals surface area contributed by atoms with Gasteiger partial charge in [-0.1, -0.05) is 11.6 Å². The molecule has 1 saturated heterocycles. The van der Waals surface area contributed by atoms with Gasteiger partial charge in [-0.2, -0.15) is 5.26 Å². The number of morpholine rings is 1. The summed E-state index contributed by atoms with van der Waals surface area (Å²) in [7, 11) is -3.87. The van der Waals surface area contributed by atoms with Crippen molar-refractivity contribution in [1.82, 2.24) is 4.90 Å². The van der Waals surface area contributed by atoms with Crippen molar-refractivity contribution in [2.75, 3.05) is 32.6 Å². The summed E-state index contributed by atoms with van der Waals surface area (Å²) in [6, 6.07) is 7.67. The van der Waals surface area contributed by atoms with Crippen LogP contribution in [0.3, 0.4) is 0 Å². The van der Waals surface area contributed by atoms with Gasteiger partial charge >= 0.3 is 0 Å². The first-order valence-electron chi connectivity index (χ1n) is 6.52. The topological polar surface area (TPSA) is 70.4 Å². The molecule has 1 aliphatic heterocycles. The van der Waals surface area contributed by atoms with Crippen LogP contribution in [0.15, 0.2) is 39.1 Å². The second-order valence-electron chi connectivity index (χ2n) is 4.51. The molecule has 1 heterocycles. The van der Waals surface area contributed by atoms with Gasteiger partial charge in [0.05, 0.1) is 18.1 Å². The van der Waals surface area contributed by atoms with Crippen LogP contribution in [0.5, 0.6) is 0 Å². The molecule has 0 atom stereocenters. The van der Waals surface area contributed by atoms with E-state index in [-0.39, 0.29) is 9.80 Å². The van der Waals surface area contributed by atoms with Crippen LogP contribution in [0.2, 0.25) is 5.02 Å². The van der Waals surface area contributed by atoms with Crippen LogP contribution < -0.4 is 0 Å². The number of thioether (sulfide) groups is 1. The highest BCUT2D eigenvalue weighted by Gasteiger charge is 2.28. The van der Waals surface area contributed by atoms with E-state index in [2.05, 4.69) is 0 Å². The van der Waals surface area contributed by atoms with Crippen LogP contribution in [0.4, 0.5) is 0 Å². The standard InChI is InChI=1S/C14H15ClN2O3S2/c1-21-14(17-6-8-20-9-7-17)13(10-16)22(18,19)12-4-2-11(15)3-5-12/h2-5H,6-9H2,1H3. The van der Waals surface area contributed by atoms with Crippen molar-refractivity contribution >= 4 is 33.2 Å². The molecular weight excluding hydrogens is 344 g/mol. The van der Waals surface area contributed by atoms with Gasteiger partial charge in [0.1, 0.15) is 11.1 Å². The SMILES string of the molecule is CSC(=C(C#N)S(=O)(=O)c1ccc(Cl)cc1)N1CCOCC1. The number of halogens is 1. The highest BCUT2D eigenvalue weighted by Crippen LogP contribution is 2.30. The van der Waals surface area contributed by atoms with Gasteiger partial charge in [-0.3, -0.25) is 0 Å². The molecule has 0 N–H and O–H groups in total. The maximum Gasteiger partial charge on any atom is 0.219 e. The van der Waals surface area contributed by atoms with E-state index in [4.69, 9.17) is 16.3 Å². The van der Waals surface area contributed by atoms with Crippen molar-refractivity contribution in [1.29, 1.82) is 5.26 Å². The zero-order chi connectivity index (χ0) is 16.2. The fourth-order valence-electron chi connectivity index (χ4n) is 2.09. The first-order valence-corrected chi connectivity index (χ1v) is 9.61. The quantitative estimate of drug-likeness (QED) is 0.770. The third-order valence-corrected chi connectivity index (χ3v) is 6.13. The van der Waals surface area contributed by atoms with Gasteiger partial charge < -0.3 is 9.64 Å². The molecule has 0 unspecified atom stereocenters. The van der Waals surface area contributed by atoms with Gasteiger partial charge in [0.15, 0.2) is 4.91 Å². The first-order chi connectivity index (χ1) is 10.5. The van der Waals surface area contributed by atoms with Gasteiger partial charge in [0, 0.05) is 18.1 Å². The highest BCUT2D eigenvalue weighted by molar-refractivity contribution is 8.04. The molecule has 5 nitrogen and oxygen atoms in total. The van der Waals surface area contributed by atoms with Gasteiger partial charge in [0.25, 0.3) is 0 Å². The third kappa shape index (κ3) is 3.58. The van der Waals surface area contributed by atoms with Gasteiger partial charge in [0.2, 0.25) is 9.84 Å². The molecule has 22 heavy (non-hydrogen) atoms. The number of benzene rings is 1. The average molecular weight is 359 g/mol. The number of rotatable bonds is 4. The normalized spacial score (nSPS) is 16.9. The second-order valence-corrected chi connectivity index (χ2v) is 7.62. The smallest absolute Gasteiger partial charge is 0.219 e. The zero-order valence-corrected chi connectivity index (χ0v) is 14.3. The summed E-state index contributed by atoms with van der Waals surface area (Å²) < 4.78 is 30.7. The van der Waals surface area contributed by atoms with E-state index in [1.807, 2.05) is 11.0 Å². The molecule has 0 saturated carbocycles. The molecule has 0 bridgehead atoms. The van der Waals surface area contributed by atoms with Crippen LogP contribution in [0.1, 0.15) is 0 Å². The highest BCUT2D eigenvalue weighted by atomic mass is 35.5. The summed E-state index contributed by atoms with van der Waals surface area (Å²) >= 11 is 7.04. The Morgan fingerprint density at radius 2 is 1.91 bits per heavy atom. The maximum absolute atomic E-state index is 12.7. The van der Waals surface area contributed by atoms with Crippen molar-refractivity contribution in [2.24, 2.45) is 0 Å². The summed E-state index contributed by atoms with van der Waals surface area (Å²) in [5.41, 5.74) is 0. The fraction of sp³-hybridized carbons (Fsp3) is 0.357. The van der Waals surface area contributed by atoms with Crippen molar-refractivity contribution in [2.45, 2.75) is 4.90 Å². The molecular formula is C14H15ClN2O3S2. The molecule has 1 aromatic rings. The predicted molar refractivity (Wildman–Crippen MR) is 87.2 cm³/mol. The van der Waals surface area contributed by atoms with Crippen LogP contribution in [0.25, 0.3) is 0 Å². The fourth-order valence-corrected chi connectivity index (χ4v) is 4.67. The number of nitriles is 1. The van der Waals surface area contributed by atoms with Gasteiger partial charge in [-0.05, 0) is 30.5 Å². The Morgan fingerprint density at radius 1 is 1.32 bits per heavy atom. The second kappa shape index (κ2) is 7.38. The lowest BCUT2D eigenvalue weighted by Crippen LogP contribution is -2.35. The van der Waals surface area contributed by atoms with E-state index >= 15 is 0 Å². The first kappa shape index (κ1) is 17.2. The Bertz CT molecular complexity index is 703. The zero-order valence-electron chi connectivity index (χ0n) is 12.0. The average Bonchev–Trinajstić information content (AvgIpc) is 2.53. The van der Waals surface area contributed by atoms with Crippen molar-refractivity contribution < 1.29 is 13.2 Å². The maximum atomic E-state index is 12.7. The molecule has 1 aliphatic rings. The Balaban J connectivity index is 2.49. The largest absolute Gasteiger partial charge is 0.378 e. The lowest BCUT2D eigenvalue weighted by atomic mass is 10.4. The lowest BCUT2D eigenvalue weighted by molar-refractivity contribution is 0.0576. The number of sulfone groups is 1. The Kier molecular flexibility index (Phi) is 5.75. The van der Waals surface area contributed by atoms with E-state index in [1.165, 1.54) is 36.0 Å². The summed E-state index contributed by atoms with van der Waals surface area (Å²) in [6.07, 6.45) is 1.76. The van der Waals surface area contributed by atoms with Crippen molar-refractivity contribution in [3.8, 4) is 6.07 Å². The van der Waals surface area contributed by atoms with Crippen molar-refractivity contribution in [3.63, 3.8) is 0 Å². The number of ether oxygens (including phenoxy) is 1. The lowest BCUT2D eigenvalue weighted by Gasteiger charge is -2.30. The van der Waals surface area contributed by atoms with Crippen LogP contribution >= 0.6 is 23.4 Å². The minimum atomic E-state index is -3.87. The Hall–Kier alpha value is -1.20. The minimum absolute atomic E-state index is 0.0632. The molecule has 0 amide bonds. The summed E-state index contributed by atoms with van der Waals surface area (Å²) in [5.74, 6) is 0. The molecule has 0 aliphatic carbocycles. The molecule has 2 rings (SSSR count). The summed E-state index contributed by atoms with van der Waals surface area (Å²) in [6.45, 7) is 2.17. The molecule has 118 valence electrons. The number of hydrogen-bond acceptors (Lipinski definition) is 6. The molecule has 1 aromatic carbocycles. The van der Waals surface area contributed by atoms with E-state index in [0.29, 0.717) is 36.4 Å². The molecule has 0 spiro atoms. The van der Waals surface area contributed by atoms with Crippen LogP contribution in [-0.4, -0.2) is 45.9 Å². The van der Waals surface area contributed by atoms with E-state index in [9.17, 15) is 13.7 Å². The number of hydrogen-bond donors (Lipinski definition) is 0. The number of allylic oxidation sites excluding steroid dienone is 1. The van der Waals surface area contributed by atoms with Crippen LogP contribution in [-0.2, 0) is 14.6 Å². The Morgan fingerprint density at radius 3 is 2.41 bits per heavy atom. The monoisotopic (exact) mass is 358 g/mol. The van der Waals surface area contributed by atoms with E-state index < -0.39 is 9.84 Å². The molecule has 8 heteroatoms. The van der Waals surface area contributed by atoms with Crippen molar-refractivity contribution in [3.05, 3.63) is 39.2 Å². The van der Waals surface area contributed by atoms with E-state index in [1.54, 1.807) is 6.26 Å². The summed E-state index contributed by atoms with van der Waals surface area (Å²) in [5, 5.41) is 10.3. The molecule has 0 radical (unpaired) electrons. The Labute approximate surface area is 139 Å². The molecule has 1 fully saturated rings. The minimum Gasteiger partial charge on any atom is -0.378 e. The van der Waals surface area contributed by atoms with Crippen LogP contribution in [0, 0.1) is 11.3 Å². The molecule has 0 aromatic heterocycles. The van der Waals surface area contributed by atoms with E-state index in [0.717, 1.165) is 0 Å². The van der Waals surface area contributed by atoms with Gasteiger partial charge in [-0.25, -0.2) is 8.42 Å².